The van der Waals surface area contributed by atoms with Crippen LogP contribution >= 0.6 is 0 Å². The Hall–Kier alpha value is -1.65. The van der Waals surface area contributed by atoms with E-state index in [0.29, 0.717) is 6.04 Å². The molecule has 0 unspecified atom stereocenters. The number of hydrogen-bond acceptors (Lipinski definition) is 3. The van der Waals surface area contributed by atoms with Crippen molar-refractivity contribution in [3.05, 3.63) is 41.5 Å². The van der Waals surface area contributed by atoms with E-state index in [1.54, 1.807) is 11.6 Å². The lowest BCUT2D eigenvalue weighted by molar-refractivity contribution is -0.124. The van der Waals surface area contributed by atoms with Gasteiger partial charge in [0.05, 0.1) is 0 Å². The fraction of sp³-hybridized carbons (Fsp3) is 0.500. The molecule has 4 nitrogen and oxygen atoms in total. The molecule has 1 saturated carbocycles. The highest BCUT2D eigenvalue weighted by Gasteiger charge is 2.29. The van der Waals surface area contributed by atoms with Crippen LogP contribution in [0.2, 0.25) is 0 Å². The third-order valence-corrected chi connectivity index (χ3v) is 4.94. The molecule has 1 aliphatic heterocycles. The van der Waals surface area contributed by atoms with E-state index in [2.05, 4.69) is 17.0 Å². The summed E-state index contributed by atoms with van der Waals surface area (Å²) in [5.41, 5.74) is 3.94. The number of likely N-dealkylation sites (tertiary alicyclic amines) is 1. The van der Waals surface area contributed by atoms with Gasteiger partial charge in [0, 0.05) is 18.7 Å². The Morgan fingerprint density at radius 1 is 1.23 bits per heavy atom. The van der Waals surface area contributed by atoms with Gasteiger partial charge in [-0.1, -0.05) is 30.7 Å². The molecule has 1 saturated heterocycles. The van der Waals surface area contributed by atoms with Gasteiger partial charge in [-0.25, -0.2) is 5.48 Å². The van der Waals surface area contributed by atoms with Crippen molar-refractivity contribution < 1.29 is 10.0 Å². The molecule has 1 heterocycles. The summed E-state index contributed by atoms with van der Waals surface area (Å²) in [6, 6.07) is 8.96. The van der Waals surface area contributed by atoms with Crippen molar-refractivity contribution in [3.63, 3.8) is 0 Å². The number of nitrogens with one attached hydrogen (secondary N) is 1. The van der Waals surface area contributed by atoms with E-state index in [1.807, 2.05) is 12.1 Å². The SMILES string of the molecule is O=C(/C=C/c1ccc([C@@H]2CCCN2CC2CCC2)cc1)NO. The molecular formula is C18H24N2O2. The first-order valence-electron chi connectivity index (χ1n) is 8.22. The lowest BCUT2D eigenvalue weighted by Gasteiger charge is -2.33. The Morgan fingerprint density at radius 3 is 2.64 bits per heavy atom. The van der Waals surface area contributed by atoms with Crippen molar-refractivity contribution in [1.82, 2.24) is 10.4 Å². The second-order valence-electron chi connectivity index (χ2n) is 6.43. The molecule has 22 heavy (non-hydrogen) atoms. The largest absolute Gasteiger partial charge is 0.296 e. The topological polar surface area (TPSA) is 52.6 Å². The Balaban J connectivity index is 1.63. The Kier molecular flexibility index (Phi) is 4.90. The van der Waals surface area contributed by atoms with E-state index in [4.69, 9.17) is 5.21 Å². The van der Waals surface area contributed by atoms with E-state index in [0.717, 1.165) is 11.5 Å². The van der Waals surface area contributed by atoms with Crippen molar-refractivity contribution in [1.29, 1.82) is 0 Å². The maximum absolute atomic E-state index is 11.0. The second kappa shape index (κ2) is 7.07. The van der Waals surface area contributed by atoms with Crippen molar-refractivity contribution >= 4 is 12.0 Å². The molecule has 2 N–H and O–H groups in total. The number of hydrogen-bond donors (Lipinski definition) is 2. The fourth-order valence-corrected chi connectivity index (χ4v) is 3.47. The molecule has 1 aromatic rings. The van der Waals surface area contributed by atoms with Gasteiger partial charge < -0.3 is 0 Å². The number of nitrogens with zero attached hydrogens (tertiary/aromatic N) is 1. The number of benzene rings is 1. The monoisotopic (exact) mass is 300 g/mol. The first kappa shape index (κ1) is 15.3. The van der Waals surface area contributed by atoms with Crippen molar-refractivity contribution in [2.45, 2.75) is 38.1 Å². The van der Waals surface area contributed by atoms with E-state index in [1.165, 1.54) is 56.8 Å². The zero-order valence-electron chi connectivity index (χ0n) is 12.9. The minimum absolute atomic E-state index is 0.508. The maximum Gasteiger partial charge on any atom is 0.267 e. The quantitative estimate of drug-likeness (QED) is 0.499. The zero-order chi connectivity index (χ0) is 15.4. The molecule has 2 aliphatic rings. The highest BCUT2D eigenvalue weighted by Crippen LogP contribution is 2.36. The molecule has 3 rings (SSSR count). The van der Waals surface area contributed by atoms with Crippen molar-refractivity contribution in [2.24, 2.45) is 5.92 Å². The third kappa shape index (κ3) is 3.57. The van der Waals surface area contributed by atoms with Gasteiger partial charge in [-0.3, -0.25) is 14.9 Å². The molecule has 1 amide bonds. The Labute approximate surface area is 131 Å². The van der Waals surface area contributed by atoms with Gasteiger partial charge in [0.25, 0.3) is 5.91 Å². The zero-order valence-corrected chi connectivity index (χ0v) is 12.9. The van der Waals surface area contributed by atoms with Crippen molar-refractivity contribution in [2.75, 3.05) is 13.1 Å². The van der Waals surface area contributed by atoms with Gasteiger partial charge in [0.15, 0.2) is 0 Å². The fourth-order valence-electron chi connectivity index (χ4n) is 3.47. The first-order chi connectivity index (χ1) is 10.8. The number of hydroxylamine groups is 1. The highest BCUT2D eigenvalue weighted by molar-refractivity contribution is 5.90. The lowest BCUT2D eigenvalue weighted by Crippen LogP contribution is -2.32. The van der Waals surface area contributed by atoms with Crippen LogP contribution in [-0.4, -0.2) is 29.1 Å². The van der Waals surface area contributed by atoms with Crippen LogP contribution in [0.3, 0.4) is 0 Å². The minimum atomic E-state index is -0.508. The number of rotatable bonds is 5. The van der Waals surface area contributed by atoms with Crippen LogP contribution in [-0.2, 0) is 4.79 Å². The summed E-state index contributed by atoms with van der Waals surface area (Å²) in [5, 5.41) is 8.47. The van der Waals surface area contributed by atoms with E-state index >= 15 is 0 Å². The third-order valence-electron chi connectivity index (χ3n) is 4.94. The molecule has 0 radical (unpaired) electrons. The summed E-state index contributed by atoms with van der Waals surface area (Å²) in [6.07, 6.45) is 9.78. The normalized spacial score (nSPS) is 22.9. The minimum Gasteiger partial charge on any atom is -0.296 e. The molecular weight excluding hydrogens is 276 g/mol. The first-order valence-corrected chi connectivity index (χ1v) is 8.22. The van der Waals surface area contributed by atoms with Crippen LogP contribution in [0.15, 0.2) is 30.3 Å². The van der Waals surface area contributed by atoms with Crippen LogP contribution in [0.5, 0.6) is 0 Å². The number of carbonyl (C=O) groups excluding carboxylic acids is 1. The van der Waals surface area contributed by atoms with Crippen molar-refractivity contribution in [3.8, 4) is 0 Å². The van der Waals surface area contributed by atoms with Crippen LogP contribution in [0.1, 0.15) is 49.3 Å². The molecule has 0 spiro atoms. The van der Waals surface area contributed by atoms with E-state index < -0.39 is 5.91 Å². The highest BCUT2D eigenvalue weighted by atomic mass is 16.5. The maximum atomic E-state index is 11.0. The molecule has 2 fully saturated rings. The van der Waals surface area contributed by atoms with Crippen LogP contribution in [0.25, 0.3) is 6.08 Å². The summed E-state index contributed by atoms with van der Waals surface area (Å²) in [4.78, 5) is 13.6. The molecule has 1 atom stereocenters. The lowest BCUT2D eigenvalue weighted by atomic mass is 9.85. The number of amides is 1. The summed E-state index contributed by atoms with van der Waals surface area (Å²) >= 11 is 0. The Bertz CT molecular complexity index is 535. The molecule has 1 aromatic carbocycles. The predicted octanol–water partition coefficient (Wildman–Crippen LogP) is 3.14. The second-order valence-corrected chi connectivity index (χ2v) is 6.43. The van der Waals surface area contributed by atoms with Crippen LogP contribution in [0, 0.1) is 5.92 Å². The average Bonchev–Trinajstić information content (AvgIpc) is 2.97. The van der Waals surface area contributed by atoms with E-state index in [-0.39, 0.29) is 0 Å². The smallest absolute Gasteiger partial charge is 0.267 e. The number of carbonyl (C=O) groups is 1. The van der Waals surface area contributed by atoms with Gasteiger partial charge >= 0.3 is 0 Å². The average molecular weight is 300 g/mol. The standard InChI is InChI=1S/C18H24N2O2/c21-18(19-22)11-8-14-6-9-16(10-7-14)17-5-2-12-20(17)13-15-3-1-4-15/h6-11,15,17,22H,1-5,12-13H2,(H,19,21)/b11-8+/t17-/m0/s1. The van der Waals surface area contributed by atoms with Crippen LogP contribution in [0.4, 0.5) is 0 Å². The molecule has 4 heteroatoms. The Morgan fingerprint density at radius 2 is 2.00 bits per heavy atom. The summed E-state index contributed by atoms with van der Waals surface area (Å²) in [5.74, 6) is 0.409. The van der Waals surface area contributed by atoms with E-state index in [9.17, 15) is 4.79 Å². The summed E-state index contributed by atoms with van der Waals surface area (Å²) < 4.78 is 0. The van der Waals surface area contributed by atoms with Gasteiger partial charge in [-0.15, -0.1) is 0 Å². The molecule has 0 bridgehead atoms. The summed E-state index contributed by atoms with van der Waals surface area (Å²) in [6.45, 7) is 2.47. The molecule has 1 aliphatic carbocycles. The predicted molar refractivity (Wildman–Crippen MR) is 86.3 cm³/mol. The molecule has 118 valence electrons. The van der Waals surface area contributed by atoms with Crippen LogP contribution < -0.4 is 5.48 Å². The molecule has 0 aromatic heterocycles. The van der Waals surface area contributed by atoms with Gasteiger partial charge in [0.2, 0.25) is 0 Å². The van der Waals surface area contributed by atoms with Gasteiger partial charge in [0.1, 0.15) is 0 Å². The summed E-state index contributed by atoms with van der Waals surface area (Å²) in [7, 11) is 0. The van der Waals surface area contributed by atoms with Gasteiger partial charge in [-0.05, 0) is 55.3 Å². The van der Waals surface area contributed by atoms with Gasteiger partial charge in [-0.2, -0.15) is 0 Å².